The minimum Gasteiger partial charge on any atom is -0.173 e. The fourth-order valence-corrected chi connectivity index (χ4v) is 2.68. The van der Waals surface area contributed by atoms with E-state index in [1.807, 2.05) is 66.3 Å². The Balaban J connectivity index is 2.55. The van der Waals surface area contributed by atoms with Crippen LogP contribution in [0.2, 0.25) is 0 Å². The number of halogens is 2. The molecule has 0 aliphatic rings. The maximum Gasteiger partial charge on any atom is 0.344 e. The van der Waals surface area contributed by atoms with Gasteiger partial charge in [0.2, 0.25) is 0 Å². The van der Waals surface area contributed by atoms with Gasteiger partial charge in [-0.1, -0.05) is 66.6 Å². The maximum absolute atomic E-state index is 12.5. The number of rotatable bonds is 2. The molecule has 0 nitrogen and oxygen atoms in total. The van der Waals surface area contributed by atoms with Crippen LogP contribution in [0.15, 0.2) is 60.7 Å². The van der Waals surface area contributed by atoms with Crippen molar-refractivity contribution in [1.82, 2.24) is 0 Å². The average molecular weight is 292 g/mol. The summed E-state index contributed by atoms with van der Waals surface area (Å²) < 4.78 is 25.0. The molecule has 4 heteroatoms. The summed E-state index contributed by atoms with van der Waals surface area (Å²) in [7, 11) is -0.606. The van der Waals surface area contributed by atoms with Gasteiger partial charge in [-0.2, -0.15) is 8.39 Å². The van der Waals surface area contributed by atoms with Crippen molar-refractivity contribution in [2.75, 3.05) is 0 Å². The summed E-state index contributed by atoms with van der Waals surface area (Å²) in [6.07, 6.45) is 0. The average Bonchev–Trinajstić information content (AvgIpc) is 2.46. The highest BCUT2D eigenvalue weighted by Crippen LogP contribution is 2.42. The Hall–Kier alpha value is -1.28. The van der Waals surface area contributed by atoms with E-state index in [-0.39, 0.29) is 0 Å². The Kier molecular flexibility index (Phi) is 4.65. The van der Waals surface area contributed by atoms with Gasteiger partial charge in [-0.3, -0.25) is 0 Å². The van der Waals surface area contributed by atoms with Crippen molar-refractivity contribution >= 4 is 17.8 Å². The van der Waals surface area contributed by atoms with Crippen molar-refractivity contribution in [3.8, 4) is 11.6 Å². The molecule has 1 unspecified atom stereocenters. The van der Waals surface area contributed by atoms with Gasteiger partial charge in [0.25, 0.3) is 0 Å². The molecule has 0 N–H and O–H groups in total. The molecule has 0 heterocycles. The predicted octanol–water partition coefficient (Wildman–Crippen LogP) is 5.02. The maximum atomic E-state index is 12.5. The van der Waals surface area contributed by atoms with Gasteiger partial charge in [0.15, 0.2) is 0 Å². The molecule has 0 fully saturated rings. The quantitative estimate of drug-likeness (QED) is 0.538. The van der Waals surface area contributed by atoms with Crippen LogP contribution in [0.1, 0.15) is 11.1 Å². The minimum atomic E-state index is -3.22. The van der Waals surface area contributed by atoms with Gasteiger partial charge in [0, 0.05) is 0 Å². The van der Waals surface area contributed by atoms with Gasteiger partial charge in [-0.25, -0.2) is 0 Å². The normalized spacial score (nSPS) is 10.9. The lowest BCUT2D eigenvalue weighted by molar-refractivity contribution is 0.765. The Morgan fingerprint density at radius 1 is 0.842 bits per heavy atom. The van der Waals surface area contributed by atoms with Crippen LogP contribution in [0, 0.1) is 11.6 Å². The van der Waals surface area contributed by atoms with Crippen molar-refractivity contribution in [2.45, 2.75) is 5.16 Å². The van der Waals surface area contributed by atoms with Crippen LogP contribution in [-0.4, -0.2) is 0 Å². The summed E-state index contributed by atoms with van der Waals surface area (Å²) in [5.74, 6) is 2.72. The molecular formula is C15H12F2P2. The van der Waals surface area contributed by atoms with Crippen molar-refractivity contribution in [3.63, 3.8) is 0 Å². The molecule has 2 aromatic rings. The minimum absolute atomic E-state index is 0.790. The van der Waals surface area contributed by atoms with E-state index in [1.54, 1.807) is 0 Å². The summed E-state index contributed by atoms with van der Waals surface area (Å²) in [4.78, 5) is 0. The molecule has 0 aliphatic heterocycles. The lowest BCUT2D eigenvalue weighted by Crippen LogP contribution is -2.17. The van der Waals surface area contributed by atoms with Gasteiger partial charge in [-0.15, -0.1) is 9.24 Å². The van der Waals surface area contributed by atoms with Gasteiger partial charge in [-0.05, 0) is 16.8 Å². The Morgan fingerprint density at radius 2 is 1.26 bits per heavy atom. The Bertz CT molecular complexity index is 546. The molecule has 2 rings (SSSR count). The van der Waals surface area contributed by atoms with E-state index in [1.165, 1.54) is 0 Å². The zero-order valence-corrected chi connectivity index (χ0v) is 12.1. The van der Waals surface area contributed by atoms with Crippen LogP contribution in [0.3, 0.4) is 0 Å². The fraction of sp³-hybridized carbons (Fsp3) is 0.0667. The second-order valence-electron chi connectivity index (χ2n) is 4.01. The largest absolute Gasteiger partial charge is 0.344 e. The smallest absolute Gasteiger partial charge is 0.173 e. The van der Waals surface area contributed by atoms with E-state index in [4.69, 9.17) is 0 Å². The van der Waals surface area contributed by atoms with E-state index < -0.39 is 13.7 Å². The van der Waals surface area contributed by atoms with E-state index in [0.29, 0.717) is 0 Å². The summed E-state index contributed by atoms with van der Waals surface area (Å²) in [6.45, 7) is 0. The highest BCUT2D eigenvalue weighted by Gasteiger charge is 2.27. The number of benzene rings is 2. The second-order valence-corrected chi connectivity index (χ2v) is 5.57. The molecule has 2 aromatic carbocycles. The second kappa shape index (κ2) is 6.25. The summed E-state index contributed by atoms with van der Waals surface area (Å²) in [6, 6.07) is 18.9. The zero-order valence-electron chi connectivity index (χ0n) is 10.1. The van der Waals surface area contributed by atoms with Crippen molar-refractivity contribution < 1.29 is 8.39 Å². The van der Waals surface area contributed by atoms with E-state index in [9.17, 15) is 8.39 Å². The topological polar surface area (TPSA) is 0 Å². The molecule has 1 atom stereocenters. The van der Waals surface area contributed by atoms with Crippen molar-refractivity contribution in [3.05, 3.63) is 71.8 Å². The summed E-state index contributed by atoms with van der Waals surface area (Å²) >= 11 is 0. The molecule has 0 amide bonds. The van der Waals surface area contributed by atoms with Crippen LogP contribution in [0.5, 0.6) is 0 Å². The van der Waals surface area contributed by atoms with Gasteiger partial charge in [0.1, 0.15) is 0 Å². The van der Waals surface area contributed by atoms with Crippen molar-refractivity contribution in [1.29, 1.82) is 0 Å². The van der Waals surface area contributed by atoms with Crippen LogP contribution in [0.25, 0.3) is 0 Å². The molecular weight excluding hydrogens is 280 g/mol. The first-order valence-corrected chi connectivity index (χ1v) is 7.37. The van der Waals surface area contributed by atoms with Gasteiger partial charge in [0.05, 0.1) is 5.16 Å². The number of hydrogen-bond acceptors (Lipinski definition) is 0. The molecule has 0 saturated heterocycles. The van der Waals surface area contributed by atoms with Crippen molar-refractivity contribution in [2.24, 2.45) is 0 Å². The SMILES string of the molecule is FP(F)C#CC(P)(c1ccccc1)c1ccccc1. The first kappa shape index (κ1) is 14.1. The monoisotopic (exact) mass is 292 g/mol. The zero-order chi connectivity index (χ0) is 13.7. The molecule has 0 spiro atoms. The van der Waals surface area contributed by atoms with Crippen LogP contribution in [-0.2, 0) is 5.16 Å². The molecule has 0 bridgehead atoms. The van der Waals surface area contributed by atoms with E-state index >= 15 is 0 Å². The number of hydrogen-bond donors (Lipinski definition) is 0. The lowest BCUT2D eigenvalue weighted by atomic mass is 9.91. The summed E-state index contributed by atoms with van der Waals surface area (Å²) in [5.41, 5.74) is 3.81. The third-order valence-corrected chi connectivity index (χ3v) is 3.89. The molecule has 0 saturated carbocycles. The van der Waals surface area contributed by atoms with Crippen LogP contribution < -0.4 is 0 Å². The molecule has 0 aromatic heterocycles. The first-order valence-electron chi connectivity index (χ1n) is 5.67. The third-order valence-electron chi connectivity index (χ3n) is 2.80. The van der Waals surface area contributed by atoms with E-state index in [0.717, 1.165) is 11.1 Å². The third kappa shape index (κ3) is 3.38. The Labute approximate surface area is 115 Å². The molecule has 19 heavy (non-hydrogen) atoms. The molecule has 96 valence electrons. The lowest BCUT2D eigenvalue weighted by Gasteiger charge is -2.24. The highest BCUT2D eigenvalue weighted by atomic mass is 31.2. The first-order chi connectivity index (χ1) is 9.13. The standard InChI is InChI=1S/C15H12F2P2/c16-19(17)12-11-15(18,13-7-3-1-4-8-13)14-9-5-2-6-10-14/h1-10H,18H2. The Morgan fingerprint density at radius 3 is 1.63 bits per heavy atom. The van der Waals surface area contributed by atoms with Crippen LogP contribution >= 0.6 is 17.8 Å². The molecule has 0 aliphatic carbocycles. The van der Waals surface area contributed by atoms with Crippen LogP contribution in [0.4, 0.5) is 8.39 Å². The highest BCUT2D eigenvalue weighted by molar-refractivity contribution is 7.52. The molecule has 0 radical (unpaired) electrons. The van der Waals surface area contributed by atoms with Gasteiger partial charge < -0.3 is 0 Å². The summed E-state index contributed by atoms with van der Waals surface area (Å²) in [5, 5.41) is -0.790. The van der Waals surface area contributed by atoms with E-state index in [2.05, 4.69) is 15.2 Å². The van der Waals surface area contributed by atoms with Gasteiger partial charge >= 0.3 is 8.54 Å². The fourth-order valence-electron chi connectivity index (χ4n) is 1.84. The predicted molar refractivity (Wildman–Crippen MR) is 80.3 cm³/mol.